The molecule has 30 heavy (non-hydrogen) atoms. The van der Waals surface area contributed by atoms with Crippen LogP contribution in [0, 0.1) is 6.92 Å². The standard InChI is InChI=1S/C23H37N7/c1-6-30-14-10-13-20(30)15-24-22(25-16-21-28-27-18(2)29(21)5)26-17-23(3,4)19-11-8-7-9-12-19/h7-9,11-12,20H,6,10,13-17H2,1-5H3,(H2,24,25,26). The predicted octanol–water partition coefficient (Wildman–Crippen LogP) is 2.62. The van der Waals surface area contributed by atoms with Gasteiger partial charge in [-0.3, -0.25) is 4.90 Å². The summed E-state index contributed by atoms with van der Waals surface area (Å²) in [6.45, 7) is 13.2. The number of likely N-dealkylation sites (tertiary alicyclic amines) is 1. The minimum Gasteiger partial charge on any atom is -0.356 e. The van der Waals surface area contributed by atoms with E-state index in [0.29, 0.717) is 12.6 Å². The predicted molar refractivity (Wildman–Crippen MR) is 123 cm³/mol. The van der Waals surface area contributed by atoms with Crippen molar-refractivity contribution in [1.82, 2.24) is 30.3 Å². The van der Waals surface area contributed by atoms with E-state index < -0.39 is 0 Å². The second-order valence-corrected chi connectivity index (χ2v) is 8.80. The fourth-order valence-corrected chi connectivity index (χ4v) is 3.97. The number of rotatable bonds is 8. The van der Waals surface area contributed by atoms with Gasteiger partial charge in [0, 0.05) is 31.6 Å². The highest BCUT2D eigenvalue weighted by Gasteiger charge is 2.24. The SMILES string of the molecule is CCN1CCCC1CNC(=NCc1nnc(C)n1C)NCC(C)(C)c1ccccc1. The van der Waals surface area contributed by atoms with Gasteiger partial charge < -0.3 is 15.2 Å². The monoisotopic (exact) mass is 411 g/mol. The van der Waals surface area contributed by atoms with Crippen LogP contribution in [0.4, 0.5) is 0 Å². The third kappa shape index (κ3) is 5.59. The first-order valence-corrected chi connectivity index (χ1v) is 11.1. The molecule has 2 aromatic rings. The molecular weight excluding hydrogens is 374 g/mol. The van der Waals surface area contributed by atoms with Crippen LogP contribution in [0.1, 0.15) is 50.8 Å². The van der Waals surface area contributed by atoms with Gasteiger partial charge in [-0.2, -0.15) is 0 Å². The topological polar surface area (TPSA) is 70.4 Å². The molecule has 7 nitrogen and oxygen atoms in total. The Morgan fingerprint density at radius 3 is 2.63 bits per heavy atom. The first kappa shape index (κ1) is 22.3. The molecule has 0 bridgehead atoms. The highest BCUT2D eigenvalue weighted by Crippen LogP contribution is 2.21. The number of aryl methyl sites for hydroxylation is 1. The van der Waals surface area contributed by atoms with Crippen molar-refractivity contribution in [1.29, 1.82) is 0 Å². The van der Waals surface area contributed by atoms with Crippen LogP contribution in [0.2, 0.25) is 0 Å². The normalized spacial score (nSPS) is 18.0. The van der Waals surface area contributed by atoms with Crippen molar-refractivity contribution in [2.24, 2.45) is 12.0 Å². The van der Waals surface area contributed by atoms with Crippen LogP contribution in [-0.4, -0.2) is 57.8 Å². The Bertz CT molecular complexity index is 825. The zero-order chi connectivity index (χ0) is 21.6. The third-order valence-corrected chi connectivity index (χ3v) is 6.22. The van der Waals surface area contributed by atoms with Crippen LogP contribution < -0.4 is 10.6 Å². The molecule has 0 spiro atoms. The molecule has 3 rings (SSSR count). The average molecular weight is 412 g/mol. The number of nitrogens with zero attached hydrogens (tertiary/aromatic N) is 5. The lowest BCUT2D eigenvalue weighted by Crippen LogP contribution is -2.47. The summed E-state index contributed by atoms with van der Waals surface area (Å²) in [5.41, 5.74) is 1.31. The Kier molecular flexibility index (Phi) is 7.48. The van der Waals surface area contributed by atoms with E-state index in [0.717, 1.165) is 37.2 Å². The van der Waals surface area contributed by atoms with Crippen LogP contribution in [0.15, 0.2) is 35.3 Å². The molecule has 1 unspecified atom stereocenters. The van der Waals surface area contributed by atoms with E-state index >= 15 is 0 Å². The van der Waals surface area contributed by atoms with Gasteiger partial charge in [-0.25, -0.2) is 4.99 Å². The van der Waals surface area contributed by atoms with E-state index in [1.807, 2.05) is 18.5 Å². The van der Waals surface area contributed by atoms with Crippen LogP contribution in [0.25, 0.3) is 0 Å². The molecule has 7 heteroatoms. The maximum atomic E-state index is 4.83. The molecule has 2 heterocycles. The Morgan fingerprint density at radius 1 is 1.20 bits per heavy atom. The van der Waals surface area contributed by atoms with Gasteiger partial charge in [-0.15, -0.1) is 10.2 Å². The Balaban J connectivity index is 1.68. The summed E-state index contributed by atoms with van der Waals surface area (Å²) >= 11 is 0. The van der Waals surface area contributed by atoms with Crippen molar-refractivity contribution in [3.63, 3.8) is 0 Å². The molecule has 1 aliphatic rings. The highest BCUT2D eigenvalue weighted by molar-refractivity contribution is 5.80. The lowest BCUT2D eigenvalue weighted by Gasteiger charge is -2.28. The van der Waals surface area contributed by atoms with Gasteiger partial charge in [0.15, 0.2) is 11.8 Å². The van der Waals surface area contributed by atoms with Gasteiger partial charge in [-0.1, -0.05) is 51.1 Å². The number of hydrogen-bond acceptors (Lipinski definition) is 4. The van der Waals surface area contributed by atoms with Crippen molar-refractivity contribution in [2.45, 2.75) is 58.5 Å². The first-order valence-electron chi connectivity index (χ1n) is 11.1. The molecule has 1 saturated heterocycles. The van der Waals surface area contributed by atoms with Gasteiger partial charge in [-0.05, 0) is 38.4 Å². The quantitative estimate of drug-likeness (QED) is 0.516. The van der Waals surface area contributed by atoms with Crippen LogP contribution in [-0.2, 0) is 19.0 Å². The number of hydrogen-bond donors (Lipinski definition) is 2. The molecule has 2 N–H and O–H groups in total. The van der Waals surface area contributed by atoms with Gasteiger partial charge in [0.1, 0.15) is 12.4 Å². The first-order chi connectivity index (χ1) is 14.4. The Labute approximate surface area is 181 Å². The van der Waals surface area contributed by atoms with Crippen LogP contribution >= 0.6 is 0 Å². The minimum atomic E-state index is -0.00606. The smallest absolute Gasteiger partial charge is 0.191 e. The summed E-state index contributed by atoms with van der Waals surface area (Å²) in [6, 6.07) is 11.2. The van der Waals surface area contributed by atoms with Crippen molar-refractivity contribution in [2.75, 3.05) is 26.2 Å². The average Bonchev–Trinajstić information content (AvgIpc) is 3.34. The minimum absolute atomic E-state index is 0.00606. The van der Waals surface area contributed by atoms with Gasteiger partial charge in [0.2, 0.25) is 0 Å². The summed E-state index contributed by atoms with van der Waals surface area (Å²) < 4.78 is 1.99. The fourth-order valence-electron chi connectivity index (χ4n) is 3.97. The van der Waals surface area contributed by atoms with E-state index in [-0.39, 0.29) is 5.41 Å². The number of aliphatic imine (C=N–C) groups is 1. The molecule has 164 valence electrons. The zero-order valence-corrected chi connectivity index (χ0v) is 19.1. The van der Waals surface area contributed by atoms with Gasteiger partial charge in [0.05, 0.1) is 0 Å². The highest BCUT2D eigenvalue weighted by atomic mass is 15.3. The molecule has 0 saturated carbocycles. The number of likely N-dealkylation sites (N-methyl/N-ethyl adjacent to an activating group) is 1. The van der Waals surface area contributed by atoms with Crippen molar-refractivity contribution in [3.05, 3.63) is 47.5 Å². The maximum Gasteiger partial charge on any atom is 0.191 e. The lowest BCUT2D eigenvalue weighted by molar-refractivity contribution is 0.267. The molecule has 1 fully saturated rings. The molecule has 0 amide bonds. The third-order valence-electron chi connectivity index (χ3n) is 6.22. The van der Waals surface area contributed by atoms with Gasteiger partial charge in [0.25, 0.3) is 0 Å². The summed E-state index contributed by atoms with van der Waals surface area (Å²) in [6.07, 6.45) is 2.52. The molecular formula is C23H37N7. The second kappa shape index (κ2) is 10.1. The van der Waals surface area contributed by atoms with Crippen LogP contribution in [0.3, 0.4) is 0 Å². The number of benzene rings is 1. The molecule has 1 atom stereocenters. The summed E-state index contributed by atoms with van der Waals surface area (Å²) in [4.78, 5) is 7.38. The Hall–Kier alpha value is -2.41. The molecule has 1 aliphatic heterocycles. The zero-order valence-electron chi connectivity index (χ0n) is 19.1. The number of nitrogens with one attached hydrogen (secondary N) is 2. The van der Waals surface area contributed by atoms with E-state index in [2.05, 4.69) is 76.8 Å². The van der Waals surface area contributed by atoms with Crippen molar-refractivity contribution in [3.8, 4) is 0 Å². The maximum absolute atomic E-state index is 4.83. The van der Waals surface area contributed by atoms with Gasteiger partial charge >= 0.3 is 0 Å². The summed E-state index contributed by atoms with van der Waals surface area (Å²) in [7, 11) is 1.98. The lowest BCUT2D eigenvalue weighted by atomic mass is 9.85. The Morgan fingerprint density at radius 2 is 1.97 bits per heavy atom. The van der Waals surface area contributed by atoms with Crippen molar-refractivity contribution < 1.29 is 0 Å². The number of aromatic nitrogens is 3. The van der Waals surface area contributed by atoms with E-state index in [1.54, 1.807) is 0 Å². The second-order valence-electron chi connectivity index (χ2n) is 8.80. The molecule has 0 radical (unpaired) electrons. The van der Waals surface area contributed by atoms with E-state index in [9.17, 15) is 0 Å². The molecule has 1 aromatic heterocycles. The van der Waals surface area contributed by atoms with E-state index in [1.165, 1.54) is 24.9 Å². The fraction of sp³-hybridized carbons (Fsp3) is 0.609. The number of guanidine groups is 1. The molecule has 0 aliphatic carbocycles. The summed E-state index contributed by atoms with van der Waals surface area (Å²) in [5.74, 6) is 2.60. The van der Waals surface area contributed by atoms with Crippen LogP contribution in [0.5, 0.6) is 0 Å². The largest absolute Gasteiger partial charge is 0.356 e. The molecule has 1 aromatic carbocycles. The van der Waals surface area contributed by atoms with Crippen molar-refractivity contribution >= 4 is 5.96 Å². The summed E-state index contributed by atoms with van der Waals surface area (Å²) in [5, 5.41) is 15.6. The van der Waals surface area contributed by atoms with E-state index in [4.69, 9.17) is 4.99 Å².